The van der Waals surface area contributed by atoms with Crippen molar-refractivity contribution in [1.29, 1.82) is 0 Å². The summed E-state index contributed by atoms with van der Waals surface area (Å²) in [5.41, 5.74) is 8.77. The third-order valence-corrected chi connectivity index (χ3v) is 3.28. The van der Waals surface area contributed by atoms with Crippen molar-refractivity contribution < 1.29 is 4.74 Å². The Balaban J connectivity index is 2.30. The summed E-state index contributed by atoms with van der Waals surface area (Å²) in [5.74, 6) is 0.847. The average Bonchev–Trinajstić information content (AvgIpc) is 2.48. The Morgan fingerprint density at radius 3 is 2.21 bits per heavy atom. The van der Waals surface area contributed by atoms with Crippen molar-refractivity contribution in [3.63, 3.8) is 0 Å². The van der Waals surface area contributed by atoms with Crippen LogP contribution in [0.4, 0.5) is 0 Å². The van der Waals surface area contributed by atoms with Gasteiger partial charge in [-0.3, -0.25) is 0 Å². The van der Waals surface area contributed by atoms with Crippen molar-refractivity contribution in [1.82, 2.24) is 0 Å². The summed E-state index contributed by atoms with van der Waals surface area (Å²) >= 11 is 4.52. The third-order valence-electron chi connectivity index (χ3n) is 2.78. The zero-order valence-electron chi connectivity index (χ0n) is 10.8. The number of nitrogens with two attached hydrogens (primary N) is 1. The number of benzene rings is 2. The Labute approximate surface area is 119 Å². The monoisotopic (exact) mass is 271 g/mol. The molecule has 3 heteroatoms. The molecule has 2 nitrogen and oxygen atoms in total. The molecule has 2 N–H and O–H groups in total. The van der Waals surface area contributed by atoms with Crippen LogP contribution in [0.5, 0.6) is 5.75 Å². The van der Waals surface area contributed by atoms with E-state index < -0.39 is 0 Å². The molecule has 0 saturated heterocycles. The van der Waals surface area contributed by atoms with Crippen molar-refractivity contribution in [3.05, 3.63) is 65.7 Å². The lowest BCUT2D eigenvalue weighted by Crippen LogP contribution is -1.99. The molecule has 0 fully saturated rings. The first-order chi connectivity index (χ1) is 9.22. The highest BCUT2D eigenvalue weighted by atomic mass is 32.1. The molecule has 0 unspecified atom stereocenters. The van der Waals surface area contributed by atoms with Crippen LogP contribution in [0.3, 0.4) is 0 Å². The molecule has 0 aliphatic rings. The van der Waals surface area contributed by atoms with Crippen LogP contribution in [0.15, 0.2) is 54.6 Å². The van der Waals surface area contributed by atoms with Crippen molar-refractivity contribution in [3.8, 4) is 5.75 Å². The zero-order valence-corrected chi connectivity index (χ0v) is 11.7. The van der Waals surface area contributed by atoms with Crippen molar-refractivity contribution >= 4 is 23.2 Å². The summed E-state index contributed by atoms with van der Waals surface area (Å²) in [5, 5.41) is 0. The van der Waals surface area contributed by atoms with Crippen LogP contribution in [0.2, 0.25) is 0 Å². The van der Waals surface area contributed by atoms with Gasteiger partial charge in [-0.25, -0.2) is 0 Å². The van der Waals surface area contributed by atoms with Gasteiger partial charge in [0, 0.05) is 4.91 Å². The quantitative estimate of drug-likeness (QED) is 0.655. The minimum absolute atomic E-state index is 0.659. The normalized spacial score (nSPS) is 11.9. The summed E-state index contributed by atoms with van der Waals surface area (Å²) in [6.45, 7) is 2.62. The molecule has 2 aromatic carbocycles. The van der Waals surface area contributed by atoms with Gasteiger partial charge in [-0.1, -0.05) is 30.3 Å². The fourth-order valence-corrected chi connectivity index (χ4v) is 2.06. The van der Waals surface area contributed by atoms with Crippen LogP contribution in [0.1, 0.15) is 18.1 Å². The van der Waals surface area contributed by atoms with Gasteiger partial charge in [0.15, 0.2) is 0 Å². The first-order valence-corrected chi connectivity index (χ1v) is 6.64. The summed E-state index contributed by atoms with van der Waals surface area (Å²) in [7, 11) is 0. The van der Waals surface area contributed by atoms with Gasteiger partial charge < -0.3 is 10.5 Å². The van der Waals surface area contributed by atoms with Gasteiger partial charge in [-0.2, -0.15) is 0 Å². The highest BCUT2D eigenvalue weighted by Gasteiger charge is 2.05. The van der Waals surface area contributed by atoms with Crippen LogP contribution in [-0.2, 0) is 0 Å². The van der Waals surface area contributed by atoms with E-state index in [9.17, 15) is 0 Å². The molecule has 0 aromatic heterocycles. The first-order valence-electron chi connectivity index (χ1n) is 6.19. The van der Waals surface area contributed by atoms with E-state index in [1.807, 2.05) is 61.5 Å². The standard InChI is InChI=1S/C16H17NOS/c1-2-18-14-10-8-12(9-11-14)15(17)16(19)13-6-4-3-5-7-13/h3-11,19H,2,17H2,1H3/b16-15-. The maximum atomic E-state index is 6.16. The topological polar surface area (TPSA) is 35.2 Å². The van der Waals surface area contributed by atoms with E-state index >= 15 is 0 Å². The van der Waals surface area contributed by atoms with Crippen LogP contribution < -0.4 is 10.5 Å². The van der Waals surface area contributed by atoms with Crippen LogP contribution >= 0.6 is 12.6 Å². The predicted octanol–water partition coefficient (Wildman–Crippen LogP) is 3.80. The highest BCUT2D eigenvalue weighted by Crippen LogP contribution is 2.26. The van der Waals surface area contributed by atoms with E-state index in [2.05, 4.69) is 12.6 Å². The number of rotatable bonds is 4. The van der Waals surface area contributed by atoms with Gasteiger partial charge >= 0.3 is 0 Å². The summed E-state index contributed by atoms with van der Waals surface area (Å²) < 4.78 is 5.41. The van der Waals surface area contributed by atoms with Crippen molar-refractivity contribution in [2.45, 2.75) is 6.92 Å². The molecule has 0 heterocycles. The molecule has 98 valence electrons. The SMILES string of the molecule is CCOc1ccc(/C(N)=C(/S)c2ccccc2)cc1. The third kappa shape index (κ3) is 3.32. The molecule has 0 aliphatic heterocycles. The molecular weight excluding hydrogens is 254 g/mol. The van der Waals surface area contributed by atoms with E-state index in [0.29, 0.717) is 12.3 Å². The molecule has 0 bridgehead atoms. The Morgan fingerprint density at radius 1 is 1.00 bits per heavy atom. The largest absolute Gasteiger partial charge is 0.494 e. The fraction of sp³-hybridized carbons (Fsp3) is 0.125. The van der Waals surface area contributed by atoms with E-state index in [0.717, 1.165) is 21.8 Å². The van der Waals surface area contributed by atoms with E-state index in [4.69, 9.17) is 10.5 Å². The minimum atomic E-state index is 0.659. The Hall–Kier alpha value is -1.87. The lowest BCUT2D eigenvalue weighted by atomic mass is 10.1. The van der Waals surface area contributed by atoms with Gasteiger partial charge in [0.2, 0.25) is 0 Å². The zero-order chi connectivity index (χ0) is 13.7. The molecule has 2 aromatic rings. The lowest BCUT2D eigenvalue weighted by Gasteiger charge is -2.09. The summed E-state index contributed by atoms with van der Waals surface area (Å²) in [6.07, 6.45) is 0. The lowest BCUT2D eigenvalue weighted by molar-refractivity contribution is 0.340. The van der Waals surface area contributed by atoms with Crippen molar-refractivity contribution in [2.75, 3.05) is 6.61 Å². The van der Waals surface area contributed by atoms with Gasteiger partial charge in [0.1, 0.15) is 5.75 Å². The van der Waals surface area contributed by atoms with Crippen molar-refractivity contribution in [2.24, 2.45) is 5.73 Å². The summed E-state index contributed by atoms with van der Waals surface area (Å²) in [4.78, 5) is 0.782. The summed E-state index contributed by atoms with van der Waals surface area (Å²) in [6, 6.07) is 17.6. The van der Waals surface area contributed by atoms with Gasteiger partial charge in [0.25, 0.3) is 0 Å². The second kappa shape index (κ2) is 6.34. The molecule has 0 radical (unpaired) electrons. The van der Waals surface area contributed by atoms with E-state index in [-0.39, 0.29) is 0 Å². The molecule has 0 aliphatic carbocycles. The number of hydrogen-bond acceptors (Lipinski definition) is 3. The second-order valence-corrected chi connectivity index (χ2v) is 4.53. The van der Waals surface area contributed by atoms with Crippen LogP contribution in [-0.4, -0.2) is 6.61 Å². The molecular formula is C16H17NOS. The van der Waals surface area contributed by atoms with E-state index in [1.165, 1.54) is 0 Å². The van der Waals surface area contributed by atoms with Gasteiger partial charge in [-0.05, 0) is 42.3 Å². The smallest absolute Gasteiger partial charge is 0.119 e. The Kier molecular flexibility index (Phi) is 4.53. The maximum absolute atomic E-state index is 6.16. The Bertz CT molecular complexity index is 561. The second-order valence-electron chi connectivity index (χ2n) is 4.09. The molecule has 0 saturated carbocycles. The first kappa shape index (κ1) is 13.6. The van der Waals surface area contributed by atoms with Crippen LogP contribution in [0, 0.1) is 0 Å². The molecule has 0 spiro atoms. The van der Waals surface area contributed by atoms with Gasteiger partial charge in [-0.15, -0.1) is 12.6 Å². The molecule has 19 heavy (non-hydrogen) atoms. The van der Waals surface area contributed by atoms with E-state index in [1.54, 1.807) is 0 Å². The average molecular weight is 271 g/mol. The molecule has 2 rings (SSSR count). The number of hydrogen-bond donors (Lipinski definition) is 2. The molecule has 0 amide bonds. The highest BCUT2D eigenvalue weighted by molar-refractivity contribution is 7.90. The van der Waals surface area contributed by atoms with Gasteiger partial charge in [0.05, 0.1) is 12.3 Å². The fourth-order valence-electron chi connectivity index (χ4n) is 1.79. The number of thiol groups is 1. The predicted molar refractivity (Wildman–Crippen MR) is 84.0 cm³/mol. The van der Waals surface area contributed by atoms with Crippen LogP contribution in [0.25, 0.3) is 10.6 Å². The minimum Gasteiger partial charge on any atom is -0.494 e. The molecule has 0 atom stereocenters. The maximum Gasteiger partial charge on any atom is 0.119 e. The Morgan fingerprint density at radius 2 is 1.63 bits per heavy atom. The number of ether oxygens (including phenoxy) is 1.